The van der Waals surface area contributed by atoms with Crippen molar-refractivity contribution in [3.63, 3.8) is 0 Å². The molecule has 4 rings (SSSR count). The zero-order valence-electron chi connectivity index (χ0n) is 21.7. The van der Waals surface area contributed by atoms with E-state index in [1.807, 2.05) is 11.1 Å². The Kier molecular flexibility index (Phi) is 6.11. The van der Waals surface area contributed by atoms with E-state index in [1.54, 1.807) is 0 Å². The van der Waals surface area contributed by atoms with Crippen molar-refractivity contribution in [2.75, 3.05) is 0 Å². The van der Waals surface area contributed by atoms with Gasteiger partial charge >= 0.3 is 0 Å². The van der Waals surface area contributed by atoms with Crippen molar-refractivity contribution >= 4 is 0 Å². The second-order valence-electron chi connectivity index (χ2n) is 13.2. The van der Waals surface area contributed by atoms with Gasteiger partial charge in [0, 0.05) is 0 Å². The van der Waals surface area contributed by atoms with Gasteiger partial charge in [0.15, 0.2) is 0 Å². The van der Waals surface area contributed by atoms with Crippen molar-refractivity contribution in [1.82, 2.24) is 0 Å². The van der Waals surface area contributed by atoms with Gasteiger partial charge in [0.2, 0.25) is 0 Å². The van der Waals surface area contributed by atoms with Gasteiger partial charge in [-0.05, 0) is 110 Å². The molecule has 0 amide bonds. The Morgan fingerprint density at radius 3 is 2.39 bits per heavy atom. The first-order chi connectivity index (χ1) is 14.5. The van der Waals surface area contributed by atoms with Crippen LogP contribution in [0, 0.1) is 45.8 Å². The largest absolute Gasteiger partial charge is 0.393 e. The zero-order chi connectivity index (χ0) is 22.8. The number of aliphatic hydroxyl groups excluding tert-OH is 1. The van der Waals surface area contributed by atoms with Crippen LogP contribution in [-0.2, 0) is 0 Å². The van der Waals surface area contributed by atoms with E-state index in [1.165, 1.54) is 63.4 Å². The summed E-state index contributed by atoms with van der Waals surface area (Å²) in [6.07, 6.45) is 12.7. The molecule has 4 aliphatic carbocycles. The lowest BCUT2D eigenvalue weighted by atomic mass is 9.45. The monoisotopic (exact) mass is 426 g/mol. The molecule has 8 atom stereocenters. The third-order valence-electron chi connectivity index (χ3n) is 11.8. The molecule has 176 valence electrons. The molecular formula is C30H50O. The lowest BCUT2D eigenvalue weighted by molar-refractivity contribution is -0.0413. The second-order valence-corrected chi connectivity index (χ2v) is 13.2. The Hall–Kier alpha value is -0.560. The maximum Gasteiger partial charge on any atom is 0.0569 e. The number of aliphatic hydroxyl groups is 1. The van der Waals surface area contributed by atoms with Crippen molar-refractivity contribution in [2.24, 2.45) is 45.8 Å². The van der Waals surface area contributed by atoms with Crippen molar-refractivity contribution in [2.45, 2.75) is 119 Å². The minimum absolute atomic E-state index is 0.0815. The molecule has 2 saturated carbocycles. The smallest absolute Gasteiger partial charge is 0.0569 e. The molecule has 0 spiro atoms. The molecule has 1 N–H and O–H groups in total. The summed E-state index contributed by atoms with van der Waals surface area (Å²) in [4.78, 5) is 0. The lowest BCUT2D eigenvalue weighted by Crippen LogP contribution is -2.51. The van der Waals surface area contributed by atoms with E-state index in [0.29, 0.717) is 34.0 Å². The predicted octanol–water partition coefficient (Wildman–Crippen LogP) is 8.34. The molecule has 1 nitrogen and oxygen atoms in total. The van der Waals surface area contributed by atoms with Gasteiger partial charge in [-0.25, -0.2) is 0 Å². The number of allylic oxidation sites excluding steroid dienone is 3. The fraction of sp³-hybridized carbons (Fsp3) is 0.867. The van der Waals surface area contributed by atoms with Gasteiger partial charge in [0.25, 0.3) is 0 Å². The fourth-order valence-electron chi connectivity index (χ4n) is 9.16. The minimum atomic E-state index is -0.0815. The van der Waals surface area contributed by atoms with E-state index in [-0.39, 0.29) is 6.10 Å². The highest BCUT2D eigenvalue weighted by molar-refractivity contribution is 5.38. The van der Waals surface area contributed by atoms with Crippen LogP contribution in [0.5, 0.6) is 0 Å². The van der Waals surface area contributed by atoms with Crippen LogP contribution >= 0.6 is 0 Å². The number of rotatable bonds is 5. The van der Waals surface area contributed by atoms with E-state index in [4.69, 9.17) is 0 Å². The van der Waals surface area contributed by atoms with Crippen molar-refractivity contribution in [1.29, 1.82) is 0 Å². The van der Waals surface area contributed by atoms with Gasteiger partial charge in [0.1, 0.15) is 0 Å². The molecule has 0 bridgehead atoms. The summed E-state index contributed by atoms with van der Waals surface area (Å²) in [7, 11) is 0. The highest BCUT2D eigenvalue weighted by Crippen LogP contribution is 2.71. The Morgan fingerprint density at radius 1 is 1.00 bits per heavy atom. The summed E-state index contributed by atoms with van der Waals surface area (Å²) < 4.78 is 0. The van der Waals surface area contributed by atoms with Crippen LogP contribution < -0.4 is 0 Å². The molecule has 2 fully saturated rings. The van der Waals surface area contributed by atoms with E-state index < -0.39 is 0 Å². The van der Waals surface area contributed by atoms with Crippen LogP contribution in [0.1, 0.15) is 113 Å². The van der Waals surface area contributed by atoms with Gasteiger partial charge in [0.05, 0.1) is 6.10 Å². The fourth-order valence-corrected chi connectivity index (χ4v) is 9.16. The third kappa shape index (κ3) is 3.43. The predicted molar refractivity (Wildman–Crippen MR) is 133 cm³/mol. The summed E-state index contributed by atoms with van der Waals surface area (Å²) in [5.41, 5.74) is 6.35. The van der Waals surface area contributed by atoms with Gasteiger partial charge in [-0.15, -0.1) is 0 Å². The molecule has 1 heteroatoms. The normalized spacial score (nSPS) is 45.8. The highest BCUT2D eigenvalue weighted by atomic mass is 16.3. The topological polar surface area (TPSA) is 20.2 Å². The Labute approximate surface area is 193 Å². The lowest BCUT2D eigenvalue weighted by Gasteiger charge is -2.60. The molecule has 0 radical (unpaired) electrons. The second kappa shape index (κ2) is 8.03. The average molecular weight is 427 g/mol. The van der Waals surface area contributed by atoms with Gasteiger partial charge in [-0.3, -0.25) is 0 Å². The summed E-state index contributed by atoms with van der Waals surface area (Å²) in [5.74, 6) is 3.40. The Morgan fingerprint density at radius 2 is 1.71 bits per heavy atom. The van der Waals surface area contributed by atoms with Crippen molar-refractivity contribution in [3.05, 3.63) is 23.3 Å². The van der Waals surface area contributed by atoms with Gasteiger partial charge < -0.3 is 5.11 Å². The summed E-state index contributed by atoms with van der Waals surface area (Å²) >= 11 is 0. The molecule has 2 unspecified atom stereocenters. The van der Waals surface area contributed by atoms with Crippen LogP contribution in [0.25, 0.3) is 0 Å². The van der Waals surface area contributed by atoms with Crippen LogP contribution in [0.2, 0.25) is 0 Å². The van der Waals surface area contributed by atoms with Gasteiger partial charge in [-0.2, -0.15) is 0 Å². The SMILES string of the molecule is C=C(CC[C@@H](C)[C@H]1CC[C@@]2(C)C3=C(CC[C@]12C)[C@@]1(C)CC[C@H](O)C(C)C1CC3)C(C)C. The summed E-state index contributed by atoms with van der Waals surface area (Å²) in [5, 5.41) is 10.6. The van der Waals surface area contributed by atoms with E-state index in [0.717, 1.165) is 18.3 Å². The molecule has 0 aromatic heterocycles. The van der Waals surface area contributed by atoms with E-state index in [9.17, 15) is 5.11 Å². The third-order valence-corrected chi connectivity index (χ3v) is 11.8. The van der Waals surface area contributed by atoms with Crippen molar-refractivity contribution in [3.8, 4) is 0 Å². The first kappa shape index (κ1) is 23.6. The Bertz CT molecular complexity index is 746. The zero-order valence-corrected chi connectivity index (χ0v) is 21.7. The van der Waals surface area contributed by atoms with E-state index in [2.05, 4.69) is 55.0 Å². The van der Waals surface area contributed by atoms with Crippen molar-refractivity contribution < 1.29 is 5.11 Å². The first-order valence-electron chi connectivity index (χ1n) is 13.5. The van der Waals surface area contributed by atoms with Gasteiger partial charge in [-0.1, -0.05) is 71.8 Å². The first-order valence-corrected chi connectivity index (χ1v) is 13.5. The molecule has 0 aromatic rings. The standard InChI is InChI=1S/C30H50O/c1-19(2)20(3)9-10-21(4)23-13-17-30(8)26-12-11-24-22(5)27(31)15-16-28(24,6)25(26)14-18-29(23,30)7/h19,21-24,27,31H,3,9-18H2,1-2,4-8H3/t21-,22?,23-,24?,27+,28+,29-,30+/m1/s1. The molecule has 4 aliphatic rings. The number of hydrogen-bond donors (Lipinski definition) is 1. The highest BCUT2D eigenvalue weighted by Gasteiger charge is 2.62. The molecule has 31 heavy (non-hydrogen) atoms. The molecule has 0 aromatic carbocycles. The minimum Gasteiger partial charge on any atom is -0.393 e. The number of hydrogen-bond acceptors (Lipinski definition) is 1. The Balaban J connectivity index is 1.60. The average Bonchev–Trinajstić information content (AvgIpc) is 3.00. The molecule has 0 saturated heterocycles. The summed E-state index contributed by atoms with van der Waals surface area (Å²) in [6, 6.07) is 0. The molecule has 0 aliphatic heterocycles. The quantitative estimate of drug-likeness (QED) is 0.438. The maximum atomic E-state index is 10.6. The van der Waals surface area contributed by atoms with Crippen LogP contribution in [0.15, 0.2) is 23.3 Å². The van der Waals surface area contributed by atoms with Crippen LogP contribution in [0.4, 0.5) is 0 Å². The number of fused-ring (bicyclic) bond motifs is 4. The molecular weight excluding hydrogens is 376 g/mol. The molecule has 0 heterocycles. The summed E-state index contributed by atoms with van der Waals surface area (Å²) in [6.45, 7) is 21.7. The van der Waals surface area contributed by atoms with Crippen LogP contribution in [0.3, 0.4) is 0 Å². The van der Waals surface area contributed by atoms with Crippen LogP contribution in [-0.4, -0.2) is 11.2 Å². The maximum absolute atomic E-state index is 10.6. The van der Waals surface area contributed by atoms with E-state index >= 15 is 0 Å².